The second-order valence-corrected chi connectivity index (χ2v) is 6.93. The van der Waals surface area contributed by atoms with Crippen LogP contribution in [0.25, 0.3) is 0 Å². The Kier molecular flexibility index (Phi) is 11.1. The van der Waals surface area contributed by atoms with Gasteiger partial charge in [-0.3, -0.25) is 9.79 Å². The standard InChI is InChI=1S/C18H26BrFN4O.HI/c1-2-21-18(22-9-4-12-24-11-3-5-17(24)25)23-10-8-14-13-15(19)6-7-16(14)20;/h6-7,13H,2-5,8-12H2,1H3,(H2,21,22,23);1H. The second kappa shape index (κ2) is 12.5. The van der Waals surface area contributed by atoms with Gasteiger partial charge in [0.05, 0.1) is 0 Å². The summed E-state index contributed by atoms with van der Waals surface area (Å²) in [5, 5.41) is 6.42. The molecule has 1 aliphatic heterocycles. The fourth-order valence-electron chi connectivity index (χ4n) is 2.79. The van der Waals surface area contributed by atoms with Crippen LogP contribution in [0.5, 0.6) is 0 Å². The molecular formula is C18H27BrFIN4O. The molecule has 0 saturated carbocycles. The summed E-state index contributed by atoms with van der Waals surface area (Å²) < 4.78 is 14.6. The molecule has 0 atom stereocenters. The van der Waals surface area contributed by atoms with Crippen molar-refractivity contribution in [1.82, 2.24) is 15.5 Å². The molecule has 1 amide bonds. The summed E-state index contributed by atoms with van der Waals surface area (Å²) in [4.78, 5) is 18.0. The number of rotatable bonds is 8. The zero-order chi connectivity index (χ0) is 18.1. The van der Waals surface area contributed by atoms with Gasteiger partial charge in [0, 0.05) is 43.6 Å². The van der Waals surface area contributed by atoms with Crippen LogP contribution >= 0.6 is 39.9 Å². The van der Waals surface area contributed by atoms with Gasteiger partial charge in [0.25, 0.3) is 0 Å². The van der Waals surface area contributed by atoms with Gasteiger partial charge in [0.1, 0.15) is 5.82 Å². The summed E-state index contributed by atoms with van der Waals surface area (Å²) >= 11 is 3.37. The molecule has 0 aromatic heterocycles. The first kappa shape index (κ1) is 23.1. The minimum atomic E-state index is -0.192. The molecule has 1 aliphatic rings. The average Bonchev–Trinajstić information content (AvgIpc) is 2.99. The molecule has 1 aromatic rings. The molecular weight excluding hydrogens is 514 g/mol. The first-order valence-electron chi connectivity index (χ1n) is 8.84. The van der Waals surface area contributed by atoms with Gasteiger partial charge in [-0.15, -0.1) is 24.0 Å². The van der Waals surface area contributed by atoms with Gasteiger partial charge in [-0.1, -0.05) is 15.9 Å². The number of benzene rings is 1. The highest BCUT2D eigenvalue weighted by molar-refractivity contribution is 14.0. The van der Waals surface area contributed by atoms with Gasteiger partial charge in [0.15, 0.2) is 5.96 Å². The molecule has 146 valence electrons. The maximum atomic E-state index is 13.7. The summed E-state index contributed by atoms with van der Waals surface area (Å²) in [5.41, 5.74) is 0.672. The van der Waals surface area contributed by atoms with E-state index in [2.05, 4.69) is 31.6 Å². The maximum Gasteiger partial charge on any atom is 0.222 e. The van der Waals surface area contributed by atoms with Crippen LogP contribution in [0.15, 0.2) is 27.7 Å². The monoisotopic (exact) mass is 540 g/mol. The van der Waals surface area contributed by atoms with Crippen molar-refractivity contribution >= 4 is 51.8 Å². The Balaban J connectivity index is 0.00000338. The SMILES string of the molecule is CCNC(=NCCCN1CCCC1=O)NCCc1cc(Br)ccc1F.I. The normalized spacial score (nSPS) is 14.3. The van der Waals surface area contributed by atoms with Gasteiger partial charge in [-0.2, -0.15) is 0 Å². The lowest BCUT2D eigenvalue weighted by atomic mass is 10.1. The van der Waals surface area contributed by atoms with Crippen molar-refractivity contribution in [2.45, 2.75) is 32.6 Å². The third kappa shape index (κ3) is 7.77. The number of hydrogen-bond acceptors (Lipinski definition) is 2. The number of carbonyl (C=O) groups is 1. The highest BCUT2D eigenvalue weighted by Gasteiger charge is 2.18. The van der Waals surface area contributed by atoms with E-state index in [0.717, 1.165) is 42.9 Å². The van der Waals surface area contributed by atoms with Crippen LogP contribution < -0.4 is 10.6 Å². The first-order chi connectivity index (χ1) is 12.1. The minimum absolute atomic E-state index is 0. The Morgan fingerprint density at radius 2 is 2.19 bits per heavy atom. The van der Waals surface area contributed by atoms with E-state index in [1.165, 1.54) is 6.07 Å². The molecule has 0 aliphatic carbocycles. The second-order valence-electron chi connectivity index (χ2n) is 6.01. The number of aliphatic imine (C=N–C) groups is 1. The Morgan fingerprint density at radius 1 is 1.38 bits per heavy atom. The molecule has 2 rings (SSSR count). The van der Waals surface area contributed by atoms with Crippen LogP contribution in [-0.2, 0) is 11.2 Å². The summed E-state index contributed by atoms with van der Waals surface area (Å²) in [7, 11) is 0. The van der Waals surface area contributed by atoms with Crippen LogP contribution in [0, 0.1) is 5.82 Å². The van der Waals surface area contributed by atoms with Gasteiger partial charge in [0.2, 0.25) is 5.91 Å². The van der Waals surface area contributed by atoms with Crippen LogP contribution in [0.2, 0.25) is 0 Å². The topological polar surface area (TPSA) is 56.7 Å². The number of nitrogens with one attached hydrogen (secondary N) is 2. The van der Waals surface area contributed by atoms with Crippen molar-refractivity contribution in [3.8, 4) is 0 Å². The van der Waals surface area contributed by atoms with Gasteiger partial charge < -0.3 is 15.5 Å². The molecule has 2 N–H and O–H groups in total. The first-order valence-corrected chi connectivity index (χ1v) is 9.63. The van der Waals surface area contributed by atoms with Gasteiger partial charge >= 0.3 is 0 Å². The molecule has 1 fully saturated rings. The van der Waals surface area contributed by atoms with E-state index in [-0.39, 0.29) is 35.7 Å². The summed E-state index contributed by atoms with van der Waals surface area (Å²) in [6, 6.07) is 4.97. The van der Waals surface area contributed by atoms with E-state index < -0.39 is 0 Å². The van der Waals surface area contributed by atoms with Crippen molar-refractivity contribution < 1.29 is 9.18 Å². The van der Waals surface area contributed by atoms with Crippen molar-refractivity contribution in [3.63, 3.8) is 0 Å². The van der Waals surface area contributed by atoms with Crippen molar-refractivity contribution in [2.24, 2.45) is 4.99 Å². The Bertz CT molecular complexity index is 615. The maximum absolute atomic E-state index is 13.7. The molecule has 1 aromatic carbocycles. The number of halogens is 3. The van der Waals surface area contributed by atoms with E-state index in [9.17, 15) is 9.18 Å². The van der Waals surface area contributed by atoms with E-state index in [1.807, 2.05) is 11.8 Å². The highest BCUT2D eigenvalue weighted by Crippen LogP contribution is 2.15. The van der Waals surface area contributed by atoms with Crippen molar-refractivity contribution in [2.75, 3.05) is 32.7 Å². The number of amides is 1. The largest absolute Gasteiger partial charge is 0.357 e. The van der Waals surface area contributed by atoms with Gasteiger partial charge in [-0.25, -0.2) is 4.39 Å². The lowest BCUT2D eigenvalue weighted by molar-refractivity contribution is -0.127. The van der Waals surface area contributed by atoms with Gasteiger partial charge in [-0.05, 0) is 49.9 Å². The summed E-state index contributed by atoms with van der Waals surface area (Å²) in [6.45, 7) is 5.67. The molecule has 1 saturated heterocycles. The molecule has 1 heterocycles. The number of carbonyl (C=O) groups excluding carboxylic acids is 1. The molecule has 5 nitrogen and oxygen atoms in total. The van der Waals surface area contributed by atoms with Crippen molar-refractivity contribution in [1.29, 1.82) is 0 Å². The number of likely N-dealkylation sites (tertiary alicyclic amines) is 1. The molecule has 0 bridgehead atoms. The van der Waals surface area contributed by atoms with E-state index >= 15 is 0 Å². The predicted molar refractivity (Wildman–Crippen MR) is 118 cm³/mol. The van der Waals surface area contributed by atoms with Crippen molar-refractivity contribution in [3.05, 3.63) is 34.1 Å². The van der Waals surface area contributed by atoms with Crippen LogP contribution in [0.1, 0.15) is 31.7 Å². The van der Waals surface area contributed by atoms with Crippen LogP contribution in [0.4, 0.5) is 4.39 Å². The van der Waals surface area contributed by atoms with E-state index in [4.69, 9.17) is 0 Å². The minimum Gasteiger partial charge on any atom is -0.357 e. The Morgan fingerprint density at radius 3 is 2.88 bits per heavy atom. The molecule has 0 spiro atoms. The molecule has 0 radical (unpaired) electrons. The fourth-order valence-corrected chi connectivity index (χ4v) is 3.19. The highest BCUT2D eigenvalue weighted by atomic mass is 127. The Labute approximate surface area is 180 Å². The molecule has 0 unspecified atom stereocenters. The lowest BCUT2D eigenvalue weighted by Gasteiger charge is -2.15. The average molecular weight is 541 g/mol. The third-order valence-corrected chi connectivity index (χ3v) is 4.56. The fraction of sp³-hybridized carbons (Fsp3) is 0.556. The number of hydrogen-bond donors (Lipinski definition) is 2. The zero-order valence-electron chi connectivity index (χ0n) is 15.1. The summed E-state index contributed by atoms with van der Waals surface area (Å²) in [5.74, 6) is 0.790. The van der Waals surface area contributed by atoms with E-state index in [1.54, 1.807) is 12.1 Å². The molecule has 26 heavy (non-hydrogen) atoms. The predicted octanol–water partition coefficient (Wildman–Crippen LogP) is 3.32. The molecule has 8 heteroatoms. The quantitative estimate of drug-likeness (QED) is 0.230. The van der Waals surface area contributed by atoms with Crippen LogP contribution in [-0.4, -0.2) is 49.5 Å². The zero-order valence-corrected chi connectivity index (χ0v) is 19.0. The number of guanidine groups is 1. The number of nitrogens with zero attached hydrogens (tertiary/aromatic N) is 2. The summed E-state index contributed by atoms with van der Waals surface area (Å²) in [6.07, 6.45) is 3.08. The Hall–Kier alpha value is -0.900. The smallest absolute Gasteiger partial charge is 0.222 e. The van der Waals surface area contributed by atoms with Crippen LogP contribution in [0.3, 0.4) is 0 Å². The van der Waals surface area contributed by atoms with E-state index in [0.29, 0.717) is 31.5 Å². The third-order valence-electron chi connectivity index (χ3n) is 4.07. The lowest BCUT2D eigenvalue weighted by Crippen LogP contribution is -2.38.